The Hall–Kier alpha value is -0.580. The van der Waals surface area contributed by atoms with E-state index in [1.807, 2.05) is 24.3 Å². The normalized spacial score (nSPS) is 23.7. The van der Waals surface area contributed by atoms with Gasteiger partial charge in [-0.15, -0.1) is 0 Å². The number of halogens is 1. The molecule has 1 aliphatic heterocycles. The largest absolute Gasteiger partial charge is 0.492 e. The number of benzene rings is 1. The Kier molecular flexibility index (Phi) is 4.41. The van der Waals surface area contributed by atoms with E-state index in [0.29, 0.717) is 6.04 Å². The smallest absolute Gasteiger partial charge is 0.120 e. The fourth-order valence-electron chi connectivity index (χ4n) is 2.71. The lowest BCUT2D eigenvalue weighted by molar-refractivity contribution is 0.293. The third-order valence-electron chi connectivity index (χ3n) is 3.88. The van der Waals surface area contributed by atoms with Gasteiger partial charge in [0, 0.05) is 36.2 Å². The zero-order chi connectivity index (χ0) is 13.1. The first-order valence-electron chi connectivity index (χ1n) is 7.17. The molecular weight excluding hydrogens is 304 g/mol. The van der Waals surface area contributed by atoms with Crippen molar-refractivity contribution in [2.45, 2.75) is 31.3 Å². The van der Waals surface area contributed by atoms with Gasteiger partial charge in [0.05, 0.1) is 0 Å². The van der Waals surface area contributed by atoms with Gasteiger partial charge in [0.1, 0.15) is 12.4 Å². The summed E-state index contributed by atoms with van der Waals surface area (Å²) in [6.45, 7) is 4.16. The lowest BCUT2D eigenvalue weighted by Gasteiger charge is -2.16. The van der Waals surface area contributed by atoms with Gasteiger partial charge in [-0.1, -0.05) is 22.0 Å². The SMILES string of the molecule is Brc1cccc(OCCNC2CCN(C3CC3)C2)c1. The topological polar surface area (TPSA) is 24.5 Å². The molecule has 0 spiro atoms. The average Bonchev–Trinajstić information content (AvgIpc) is 3.15. The van der Waals surface area contributed by atoms with E-state index in [-0.39, 0.29) is 0 Å². The van der Waals surface area contributed by atoms with E-state index >= 15 is 0 Å². The fourth-order valence-corrected chi connectivity index (χ4v) is 3.09. The summed E-state index contributed by atoms with van der Waals surface area (Å²) < 4.78 is 6.79. The second-order valence-corrected chi connectivity index (χ2v) is 6.39. The van der Waals surface area contributed by atoms with Crippen LogP contribution in [0.3, 0.4) is 0 Å². The molecule has 1 saturated carbocycles. The molecule has 1 N–H and O–H groups in total. The van der Waals surface area contributed by atoms with Crippen molar-refractivity contribution < 1.29 is 4.74 Å². The van der Waals surface area contributed by atoms with E-state index in [9.17, 15) is 0 Å². The van der Waals surface area contributed by atoms with Crippen molar-refractivity contribution in [2.24, 2.45) is 0 Å². The molecule has 3 rings (SSSR count). The summed E-state index contributed by atoms with van der Waals surface area (Å²) in [7, 11) is 0. The summed E-state index contributed by atoms with van der Waals surface area (Å²) in [5, 5.41) is 3.60. The summed E-state index contributed by atoms with van der Waals surface area (Å²) in [4.78, 5) is 2.63. The number of rotatable bonds is 6. The van der Waals surface area contributed by atoms with Crippen molar-refractivity contribution in [1.29, 1.82) is 0 Å². The summed E-state index contributed by atoms with van der Waals surface area (Å²) in [6, 6.07) is 9.57. The third-order valence-corrected chi connectivity index (χ3v) is 4.38. The molecule has 4 heteroatoms. The molecule has 0 bridgehead atoms. The molecule has 19 heavy (non-hydrogen) atoms. The Balaban J connectivity index is 1.33. The molecule has 1 aliphatic carbocycles. The Morgan fingerprint density at radius 1 is 1.32 bits per heavy atom. The quantitative estimate of drug-likeness (QED) is 0.814. The highest BCUT2D eigenvalue weighted by Crippen LogP contribution is 2.29. The van der Waals surface area contributed by atoms with Crippen LogP contribution in [0.5, 0.6) is 5.75 Å². The maximum atomic E-state index is 5.73. The van der Waals surface area contributed by atoms with Crippen LogP contribution in [0.15, 0.2) is 28.7 Å². The number of nitrogens with one attached hydrogen (secondary N) is 1. The molecule has 3 nitrogen and oxygen atoms in total. The van der Waals surface area contributed by atoms with E-state index in [1.54, 1.807) is 0 Å². The highest BCUT2D eigenvalue weighted by atomic mass is 79.9. The van der Waals surface area contributed by atoms with Gasteiger partial charge in [-0.3, -0.25) is 4.90 Å². The molecular formula is C15H21BrN2O. The maximum absolute atomic E-state index is 5.73. The van der Waals surface area contributed by atoms with Crippen LogP contribution < -0.4 is 10.1 Å². The van der Waals surface area contributed by atoms with Crippen LogP contribution in [0.4, 0.5) is 0 Å². The standard InChI is InChI=1S/C15H21BrN2O/c16-12-2-1-3-15(10-12)19-9-7-17-13-6-8-18(11-13)14-4-5-14/h1-3,10,13-14,17H,4-9,11H2. The number of hydrogen-bond acceptors (Lipinski definition) is 3. The van der Waals surface area contributed by atoms with Crippen molar-refractivity contribution in [3.05, 3.63) is 28.7 Å². The molecule has 2 fully saturated rings. The summed E-state index contributed by atoms with van der Waals surface area (Å²) in [5.41, 5.74) is 0. The minimum absolute atomic E-state index is 0.659. The van der Waals surface area contributed by atoms with E-state index in [4.69, 9.17) is 4.74 Å². The second-order valence-electron chi connectivity index (χ2n) is 5.47. The van der Waals surface area contributed by atoms with Crippen LogP contribution >= 0.6 is 15.9 Å². The van der Waals surface area contributed by atoms with Gasteiger partial charge < -0.3 is 10.1 Å². The van der Waals surface area contributed by atoms with Gasteiger partial charge in [0.15, 0.2) is 0 Å². The summed E-state index contributed by atoms with van der Waals surface area (Å²) in [6.07, 6.45) is 4.12. The van der Waals surface area contributed by atoms with Crippen molar-refractivity contribution >= 4 is 15.9 Å². The van der Waals surface area contributed by atoms with Gasteiger partial charge in [-0.25, -0.2) is 0 Å². The highest BCUT2D eigenvalue weighted by Gasteiger charge is 2.33. The fraction of sp³-hybridized carbons (Fsp3) is 0.600. The van der Waals surface area contributed by atoms with E-state index in [1.165, 1.54) is 32.4 Å². The average molecular weight is 325 g/mol. The van der Waals surface area contributed by atoms with Crippen LogP contribution in [-0.2, 0) is 0 Å². The van der Waals surface area contributed by atoms with Crippen molar-refractivity contribution in [3.8, 4) is 5.75 Å². The Morgan fingerprint density at radius 3 is 3.00 bits per heavy atom. The van der Waals surface area contributed by atoms with Crippen LogP contribution in [0.1, 0.15) is 19.3 Å². The van der Waals surface area contributed by atoms with E-state index in [2.05, 4.69) is 26.1 Å². The molecule has 1 unspecified atom stereocenters. The van der Waals surface area contributed by atoms with Gasteiger partial charge >= 0.3 is 0 Å². The summed E-state index contributed by atoms with van der Waals surface area (Å²) >= 11 is 3.45. The highest BCUT2D eigenvalue weighted by molar-refractivity contribution is 9.10. The van der Waals surface area contributed by atoms with Gasteiger partial charge in [-0.2, -0.15) is 0 Å². The van der Waals surface area contributed by atoms with Gasteiger partial charge in [-0.05, 0) is 37.5 Å². The number of nitrogens with zero attached hydrogens (tertiary/aromatic N) is 1. The predicted octanol–water partition coefficient (Wildman–Crippen LogP) is 2.65. The van der Waals surface area contributed by atoms with E-state index < -0.39 is 0 Å². The minimum Gasteiger partial charge on any atom is -0.492 e. The molecule has 1 aromatic rings. The number of likely N-dealkylation sites (tertiary alicyclic amines) is 1. The van der Waals surface area contributed by atoms with Crippen LogP contribution in [0, 0.1) is 0 Å². The maximum Gasteiger partial charge on any atom is 0.120 e. The van der Waals surface area contributed by atoms with Crippen LogP contribution in [-0.4, -0.2) is 43.2 Å². The molecule has 104 valence electrons. The zero-order valence-corrected chi connectivity index (χ0v) is 12.7. The molecule has 1 atom stereocenters. The Labute approximate surface area is 123 Å². The molecule has 0 amide bonds. The van der Waals surface area contributed by atoms with Gasteiger partial charge in [0.25, 0.3) is 0 Å². The molecule has 1 saturated heterocycles. The summed E-state index contributed by atoms with van der Waals surface area (Å²) in [5.74, 6) is 0.933. The van der Waals surface area contributed by atoms with Crippen molar-refractivity contribution in [2.75, 3.05) is 26.2 Å². The predicted molar refractivity (Wildman–Crippen MR) is 80.6 cm³/mol. The van der Waals surface area contributed by atoms with Crippen molar-refractivity contribution in [3.63, 3.8) is 0 Å². The molecule has 2 aliphatic rings. The Morgan fingerprint density at radius 2 is 2.21 bits per heavy atom. The van der Waals surface area contributed by atoms with Crippen LogP contribution in [0.25, 0.3) is 0 Å². The monoisotopic (exact) mass is 324 g/mol. The number of ether oxygens (including phenoxy) is 1. The first-order valence-corrected chi connectivity index (χ1v) is 7.96. The molecule has 0 aromatic heterocycles. The van der Waals surface area contributed by atoms with Gasteiger partial charge in [0.2, 0.25) is 0 Å². The minimum atomic E-state index is 0.659. The number of hydrogen-bond donors (Lipinski definition) is 1. The lowest BCUT2D eigenvalue weighted by atomic mass is 10.2. The zero-order valence-electron chi connectivity index (χ0n) is 11.1. The third kappa shape index (κ3) is 3.94. The second kappa shape index (κ2) is 6.25. The molecule has 1 aromatic carbocycles. The first-order chi connectivity index (χ1) is 9.31. The van der Waals surface area contributed by atoms with Crippen molar-refractivity contribution in [1.82, 2.24) is 10.2 Å². The lowest BCUT2D eigenvalue weighted by Crippen LogP contribution is -2.35. The Bertz CT molecular complexity index is 422. The molecule has 0 radical (unpaired) electrons. The van der Waals surface area contributed by atoms with E-state index in [0.717, 1.165) is 29.4 Å². The molecule has 1 heterocycles. The first kappa shape index (κ1) is 13.4. The van der Waals surface area contributed by atoms with Crippen LogP contribution in [0.2, 0.25) is 0 Å².